The highest BCUT2D eigenvalue weighted by atomic mass is 35.5. The van der Waals surface area contributed by atoms with Crippen molar-refractivity contribution >= 4 is 25.2 Å². The van der Waals surface area contributed by atoms with Gasteiger partial charge < -0.3 is 13.8 Å². The Morgan fingerprint density at radius 1 is 1.05 bits per heavy atom. The first kappa shape index (κ1) is 29.9. The number of carbonyl (C=O) groups is 1. The van der Waals surface area contributed by atoms with Crippen LogP contribution in [-0.4, -0.2) is 37.1 Å². The van der Waals surface area contributed by atoms with E-state index in [9.17, 15) is 9.36 Å². The van der Waals surface area contributed by atoms with Crippen LogP contribution < -0.4 is 0 Å². The minimum absolute atomic E-state index is 0.0583. The van der Waals surface area contributed by atoms with Crippen LogP contribution in [0.25, 0.3) is 0 Å². The van der Waals surface area contributed by atoms with Gasteiger partial charge in [0.2, 0.25) is 0 Å². The Morgan fingerprint density at radius 2 is 1.69 bits per heavy atom. The number of ether oxygens (including phenoxy) is 1. The average Bonchev–Trinajstić information content (AvgIpc) is 3.37. The van der Waals surface area contributed by atoms with E-state index in [1.165, 1.54) is 5.56 Å². The fourth-order valence-corrected chi connectivity index (χ4v) is 8.50. The zero-order chi connectivity index (χ0) is 28.3. The van der Waals surface area contributed by atoms with Crippen molar-refractivity contribution in [3.8, 4) is 0 Å². The van der Waals surface area contributed by atoms with E-state index in [1.54, 1.807) is 38.1 Å². The number of carbonyl (C=O) groups excluding carboxylic acids is 1. The van der Waals surface area contributed by atoms with Crippen molar-refractivity contribution in [2.24, 2.45) is 22.1 Å². The summed E-state index contributed by atoms with van der Waals surface area (Å²) in [4.78, 5) is 14.5. The molecule has 2 aliphatic rings. The lowest BCUT2D eigenvalue weighted by Gasteiger charge is -2.45. The Balaban J connectivity index is 1.76. The number of esters is 1. The molecule has 0 N–H and O–H groups in total. The van der Waals surface area contributed by atoms with Gasteiger partial charge in [-0.1, -0.05) is 81.3 Å². The lowest BCUT2D eigenvalue weighted by atomic mass is 9.64. The molecule has 1 aliphatic carbocycles. The highest BCUT2D eigenvalue weighted by Crippen LogP contribution is 2.68. The quantitative estimate of drug-likeness (QED) is 0.211. The van der Waals surface area contributed by atoms with Gasteiger partial charge in [0.1, 0.15) is 6.10 Å². The van der Waals surface area contributed by atoms with Crippen LogP contribution in [0.3, 0.4) is 0 Å². The predicted octanol–water partition coefficient (Wildman–Crippen LogP) is 8.18. The molecule has 1 heterocycles. The summed E-state index contributed by atoms with van der Waals surface area (Å²) in [6.07, 6.45) is 2.26. The summed E-state index contributed by atoms with van der Waals surface area (Å²) in [5.41, 5.74) is 1.66. The SMILES string of the molecule is CCOP(=O)(OCC)[C@]1(C(=O)O[C@@H]2C[C@H](C)CC[C@H]2C(C)(C)c2ccccc2)N=NC[C@@H]1c1ccc(Cl)cc1. The largest absolute Gasteiger partial charge is 0.460 e. The zero-order valence-electron chi connectivity index (χ0n) is 23.5. The molecule has 0 spiro atoms. The molecule has 2 aromatic rings. The lowest BCUT2D eigenvalue weighted by Crippen LogP contribution is -2.49. The third-order valence-electron chi connectivity index (χ3n) is 8.32. The fourth-order valence-electron chi connectivity index (χ4n) is 6.17. The van der Waals surface area contributed by atoms with Gasteiger partial charge in [-0.15, -0.1) is 0 Å². The number of hydrogen-bond acceptors (Lipinski definition) is 7. The van der Waals surface area contributed by atoms with Crippen molar-refractivity contribution in [1.82, 2.24) is 0 Å². The summed E-state index contributed by atoms with van der Waals surface area (Å²) in [5.74, 6) is -0.956. The molecule has 0 bridgehead atoms. The van der Waals surface area contributed by atoms with Crippen LogP contribution >= 0.6 is 19.2 Å². The molecule has 9 heteroatoms. The maximum Gasteiger partial charge on any atom is 0.372 e. The monoisotopic (exact) mass is 574 g/mol. The van der Waals surface area contributed by atoms with E-state index >= 15 is 0 Å². The standard InChI is InChI=1S/C30H40ClN2O5P/c1-6-36-39(35,37-7-2)30(26(20-32-33-30)22-14-16-24(31)17-15-22)28(34)38-27-19-21(3)13-18-25(27)29(4,5)23-11-9-8-10-12-23/h8-12,14-17,21,25-27H,6-7,13,18-20H2,1-5H3/t21-,25-,26-,27-,30-/m1/s1. The van der Waals surface area contributed by atoms with Crippen molar-refractivity contribution in [3.63, 3.8) is 0 Å². The summed E-state index contributed by atoms with van der Waals surface area (Å²) in [7, 11) is -4.16. The zero-order valence-corrected chi connectivity index (χ0v) is 25.2. The van der Waals surface area contributed by atoms with E-state index in [0.717, 1.165) is 18.4 Å². The van der Waals surface area contributed by atoms with E-state index in [1.807, 2.05) is 18.2 Å². The van der Waals surface area contributed by atoms with Crippen molar-refractivity contribution in [2.45, 2.75) is 76.6 Å². The fraction of sp³-hybridized carbons (Fsp3) is 0.567. The summed E-state index contributed by atoms with van der Waals surface area (Å²) < 4.78 is 32.5. The Bertz CT molecular complexity index is 1200. The van der Waals surface area contributed by atoms with E-state index < -0.39 is 30.9 Å². The van der Waals surface area contributed by atoms with E-state index in [4.69, 9.17) is 25.4 Å². The summed E-state index contributed by atoms with van der Waals surface area (Å²) in [6.45, 7) is 10.3. The van der Waals surface area contributed by atoms with Gasteiger partial charge in [-0.2, -0.15) is 10.2 Å². The smallest absolute Gasteiger partial charge is 0.372 e. The van der Waals surface area contributed by atoms with Gasteiger partial charge in [0.05, 0.1) is 25.7 Å². The van der Waals surface area contributed by atoms with Crippen LogP contribution in [0.4, 0.5) is 0 Å². The van der Waals surface area contributed by atoms with E-state index in [-0.39, 0.29) is 31.1 Å². The molecule has 0 aromatic heterocycles. The number of azo groups is 1. The van der Waals surface area contributed by atoms with Crippen molar-refractivity contribution in [2.75, 3.05) is 19.8 Å². The molecule has 1 fully saturated rings. The van der Waals surface area contributed by atoms with Crippen molar-refractivity contribution < 1.29 is 23.1 Å². The summed E-state index contributed by atoms with van der Waals surface area (Å²) in [6, 6.07) is 17.4. The molecule has 0 radical (unpaired) electrons. The van der Waals surface area contributed by atoms with Crippen LogP contribution in [0.15, 0.2) is 64.8 Å². The van der Waals surface area contributed by atoms with Gasteiger partial charge in [0.25, 0.3) is 5.28 Å². The van der Waals surface area contributed by atoms with Crippen molar-refractivity contribution in [3.05, 3.63) is 70.7 Å². The maximum atomic E-state index is 14.5. The van der Waals surface area contributed by atoms with Crippen LogP contribution in [0.2, 0.25) is 5.02 Å². The Kier molecular flexibility index (Phi) is 9.37. The minimum atomic E-state index is -4.16. The van der Waals surface area contributed by atoms with Crippen LogP contribution in [0.1, 0.15) is 70.9 Å². The van der Waals surface area contributed by atoms with Gasteiger partial charge in [0.15, 0.2) is 0 Å². The lowest BCUT2D eigenvalue weighted by molar-refractivity contribution is -0.161. The topological polar surface area (TPSA) is 86.5 Å². The number of rotatable bonds is 10. The summed E-state index contributed by atoms with van der Waals surface area (Å²) in [5, 5.41) is 7.25. The van der Waals surface area contributed by atoms with E-state index in [2.05, 4.69) is 43.1 Å². The van der Waals surface area contributed by atoms with Crippen LogP contribution in [-0.2, 0) is 28.6 Å². The maximum absolute atomic E-state index is 14.5. The first-order valence-electron chi connectivity index (χ1n) is 13.9. The van der Waals surface area contributed by atoms with Gasteiger partial charge in [-0.25, -0.2) is 4.79 Å². The Labute approximate surface area is 237 Å². The summed E-state index contributed by atoms with van der Waals surface area (Å²) >= 11 is 6.15. The first-order chi connectivity index (χ1) is 18.6. The first-order valence-corrected chi connectivity index (χ1v) is 15.8. The molecule has 0 amide bonds. The number of nitrogens with zero attached hydrogens (tertiary/aromatic N) is 2. The molecule has 5 atom stereocenters. The molecular formula is C30H40ClN2O5P. The normalized spacial score (nSPS) is 27.4. The molecular weight excluding hydrogens is 535 g/mol. The molecule has 1 saturated carbocycles. The number of benzene rings is 2. The molecule has 0 unspecified atom stereocenters. The van der Waals surface area contributed by atoms with Crippen LogP contribution in [0, 0.1) is 11.8 Å². The second-order valence-corrected chi connectivity index (χ2v) is 13.8. The van der Waals surface area contributed by atoms with Gasteiger partial charge in [0, 0.05) is 10.9 Å². The molecule has 4 rings (SSSR count). The molecule has 39 heavy (non-hydrogen) atoms. The molecule has 2 aromatic carbocycles. The van der Waals surface area contributed by atoms with Crippen LogP contribution in [0.5, 0.6) is 0 Å². The number of halogens is 1. The third-order valence-corrected chi connectivity index (χ3v) is 11.2. The minimum Gasteiger partial charge on any atom is -0.460 e. The van der Waals surface area contributed by atoms with E-state index in [0.29, 0.717) is 17.4 Å². The highest BCUT2D eigenvalue weighted by Gasteiger charge is 2.67. The second-order valence-electron chi connectivity index (χ2n) is 11.1. The molecule has 212 valence electrons. The Morgan fingerprint density at radius 3 is 2.31 bits per heavy atom. The highest BCUT2D eigenvalue weighted by molar-refractivity contribution is 7.56. The molecule has 0 saturated heterocycles. The van der Waals surface area contributed by atoms with Crippen molar-refractivity contribution in [1.29, 1.82) is 0 Å². The third kappa shape index (κ3) is 5.74. The molecule has 7 nitrogen and oxygen atoms in total. The second kappa shape index (κ2) is 12.2. The predicted molar refractivity (Wildman–Crippen MR) is 153 cm³/mol. The van der Waals surface area contributed by atoms with Gasteiger partial charge >= 0.3 is 13.6 Å². The average molecular weight is 575 g/mol. The van der Waals surface area contributed by atoms with Gasteiger partial charge in [-0.3, -0.25) is 4.57 Å². The molecule has 1 aliphatic heterocycles. The van der Waals surface area contributed by atoms with Gasteiger partial charge in [-0.05, 0) is 61.3 Å². The number of hydrogen-bond donors (Lipinski definition) is 0. The Hall–Kier alpha value is -2.05.